The van der Waals surface area contributed by atoms with Crippen LogP contribution in [0.3, 0.4) is 0 Å². The van der Waals surface area contributed by atoms with Gasteiger partial charge in [-0.05, 0) is 42.7 Å². The van der Waals surface area contributed by atoms with Crippen LogP contribution >= 0.6 is 0 Å². The second-order valence-corrected chi connectivity index (χ2v) is 6.19. The maximum Gasteiger partial charge on any atom is 0.193 e. The highest BCUT2D eigenvalue weighted by Crippen LogP contribution is 2.14. The zero-order chi connectivity index (χ0) is 18.1. The van der Waals surface area contributed by atoms with Gasteiger partial charge < -0.3 is 19.5 Å². The Morgan fingerprint density at radius 3 is 2.80 bits per heavy atom. The Morgan fingerprint density at radius 2 is 2.12 bits per heavy atom. The SMILES string of the molecule is CCCOc1cccc(CCNC(=NC)N(C)Cc2cccn2C)c1. The summed E-state index contributed by atoms with van der Waals surface area (Å²) >= 11 is 0. The molecule has 5 nitrogen and oxygen atoms in total. The number of aromatic nitrogens is 1. The first-order chi connectivity index (χ1) is 12.1. The number of aryl methyl sites for hydroxylation is 1. The lowest BCUT2D eigenvalue weighted by Crippen LogP contribution is -2.39. The molecule has 0 aliphatic heterocycles. The van der Waals surface area contributed by atoms with Gasteiger partial charge in [-0.2, -0.15) is 0 Å². The van der Waals surface area contributed by atoms with Gasteiger partial charge in [-0.1, -0.05) is 19.1 Å². The van der Waals surface area contributed by atoms with Crippen LogP contribution in [-0.2, 0) is 20.0 Å². The zero-order valence-electron chi connectivity index (χ0n) is 15.8. The Bertz CT molecular complexity index is 678. The van der Waals surface area contributed by atoms with Crippen molar-refractivity contribution in [3.63, 3.8) is 0 Å². The van der Waals surface area contributed by atoms with Crippen molar-refractivity contribution in [2.24, 2.45) is 12.0 Å². The third kappa shape index (κ3) is 5.85. The summed E-state index contributed by atoms with van der Waals surface area (Å²) in [5.74, 6) is 1.85. The number of guanidine groups is 1. The van der Waals surface area contributed by atoms with Gasteiger partial charge in [0.25, 0.3) is 0 Å². The number of benzene rings is 1. The van der Waals surface area contributed by atoms with E-state index in [4.69, 9.17) is 4.74 Å². The van der Waals surface area contributed by atoms with Gasteiger partial charge in [0, 0.05) is 39.6 Å². The smallest absolute Gasteiger partial charge is 0.193 e. The summed E-state index contributed by atoms with van der Waals surface area (Å²) in [6, 6.07) is 12.5. The van der Waals surface area contributed by atoms with E-state index in [1.165, 1.54) is 11.3 Å². The monoisotopic (exact) mass is 342 g/mol. The molecule has 25 heavy (non-hydrogen) atoms. The Balaban J connectivity index is 1.83. The molecule has 1 aromatic heterocycles. The first-order valence-electron chi connectivity index (χ1n) is 8.87. The van der Waals surface area contributed by atoms with E-state index in [-0.39, 0.29) is 0 Å². The largest absolute Gasteiger partial charge is 0.494 e. The number of rotatable bonds is 8. The van der Waals surface area contributed by atoms with Crippen LogP contribution in [-0.4, -0.2) is 42.7 Å². The molecule has 2 aromatic rings. The minimum Gasteiger partial charge on any atom is -0.494 e. The van der Waals surface area contributed by atoms with Gasteiger partial charge in [-0.15, -0.1) is 0 Å². The number of ether oxygens (including phenoxy) is 1. The lowest BCUT2D eigenvalue weighted by Gasteiger charge is -2.22. The van der Waals surface area contributed by atoms with Crippen LogP contribution in [0.25, 0.3) is 0 Å². The van der Waals surface area contributed by atoms with Crippen molar-refractivity contribution >= 4 is 5.96 Å². The molecular formula is C20H30N4O. The van der Waals surface area contributed by atoms with E-state index in [9.17, 15) is 0 Å². The molecule has 0 saturated heterocycles. The van der Waals surface area contributed by atoms with Gasteiger partial charge in [0.15, 0.2) is 5.96 Å². The Kier molecular flexibility index (Phi) is 7.38. The third-order valence-electron chi connectivity index (χ3n) is 4.09. The maximum absolute atomic E-state index is 5.70. The summed E-state index contributed by atoms with van der Waals surface area (Å²) in [6.45, 7) is 4.54. The van der Waals surface area contributed by atoms with E-state index < -0.39 is 0 Å². The maximum atomic E-state index is 5.70. The van der Waals surface area contributed by atoms with Crippen molar-refractivity contribution in [2.45, 2.75) is 26.3 Å². The molecule has 2 rings (SSSR count). The molecule has 0 aliphatic carbocycles. The van der Waals surface area contributed by atoms with Crippen molar-refractivity contribution in [3.05, 3.63) is 53.9 Å². The van der Waals surface area contributed by atoms with Gasteiger partial charge in [-0.25, -0.2) is 0 Å². The van der Waals surface area contributed by atoms with Crippen LogP contribution in [0.5, 0.6) is 5.75 Å². The summed E-state index contributed by atoms with van der Waals surface area (Å²) in [7, 11) is 5.94. The lowest BCUT2D eigenvalue weighted by molar-refractivity contribution is 0.317. The summed E-state index contributed by atoms with van der Waals surface area (Å²) < 4.78 is 7.83. The average molecular weight is 342 g/mol. The normalized spacial score (nSPS) is 11.4. The summed E-state index contributed by atoms with van der Waals surface area (Å²) in [5.41, 5.74) is 2.52. The number of hydrogen-bond acceptors (Lipinski definition) is 2. The predicted molar refractivity (Wildman–Crippen MR) is 104 cm³/mol. The van der Waals surface area contributed by atoms with Gasteiger partial charge >= 0.3 is 0 Å². The molecule has 136 valence electrons. The fourth-order valence-electron chi connectivity index (χ4n) is 2.69. The van der Waals surface area contributed by atoms with Crippen LogP contribution in [0.1, 0.15) is 24.6 Å². The van der Waals surface area contributed by atoms with E-state index in [1.54, 1.807) is 0 Å². The number of nitrogens with zero attached hydrogens (tertiary/aromatic N) is 3. The highest BCUT2D eigenvalue weighted by molar-refractivity contribution is 5.79. The van der Waals surface area contributed by atoms with Gasteiger partial charge in [-0.3, -0.25) is 4.99 Å². The molecule has 1 aromatic carbocycles. The molecule has 0 radical (unpaired) electrons. The molecule has 0 fully saturated rings. The van der Waals surface area contributed by atoms with E-state index >= 15 is 0 Å². The molecule has 0 spiro atoms. The van der Waals surface area contributed by atoms with Crippen molar-refractivity contribution in [2.75, 3.05) is 27.2 Å². The number of nitrogens with one attached hydrogen (secondary N) is 1. The van der Waals surface area contributed by atoms with E-state index in [0.717, 1.165) is 44.2 Å². The lowest BCUT2D eigenvalue weighted by atomic mass is 10.1. The molecule has 0 unspecified atom stereocenters. The molecule has 0 aliphatic rings. The molecular weight excluding hydrogens is 312 g/mol. The zero-order valence-corrected chi connectivity index (χ0v) is 15.8. The van der Waals surface area contributed by atoms with Gasteiger partial charge in [0.05, 0.1) is 13.2 Å². The first kappa shape index (κ1) is 18.9. The third-order valence-corrected chi connectivity index (χ3v) is 4.09. The Labute approximate surface area is 151 Å². The van der Waals surface area contributed by atoms with Crippen LogP contribution in [0.15, 0.2) is 47.6 Å². The second kappa shape index (κ2) is 9.77. The standard InChI is InChI=1S/C20H30N4O/c1-5-14-25-19-10-6-8-17(15-19)11-12-22-20(21-2)24(4)16-18-9-7-13-23(18)3/h6-10,13,15H,5,11-12,14,16H2,1-4H3,(H,21,22). The van der Waals surface area contributed by atoms with Crippen molar-refractivity contribution in [1.29, 1.82) is 0 Å². The predicted octanol–water partition coefficient (Wildman–Crippen LogP) is 3.06. The number of aliphatic imine (C=N–C) groups is 1. The molecule has 0 bridgehead atoms. The Hall–Kier alpha value is -2.43. The summed E-state index contributed by atoms with van der Waals surface area (Å²) in [4.78, 5) is 6.52. The van der Waals surface area contributed by atoms with Crippen molar-refractivity contribution < 1.29 is 4.74 Å². The fraction of sp³-hybridized carbons (Fsp3) is 0.450. The van der Waals surface area contributed by atoms with E-state index in [2.05, 4.69) is 77.3 Å². The highest BCUT2D eigenvalue weighted by atomic mass is 16.5. The van der Waals surface area contributed by atoms with Crippen LogP contribution in [0.2, 0.25) is 0 Å². The van der Waals surface area contributed by atoms with Crippen molar-refractivity contribution in [1.82, 2.24) is 14.8 Å². The van der Waals surface area contributed by atoms with Crippen LogP contribution in [0, 0.1) is 0 Å². The quantitative estimate of drug-likeness (QED) is 0.592. The molecule has 0 saturated carbocycles. The summed E-state index contributed by atoms with van der Waals surface area (Å²) in [6.07, 6.45) is 4.02. The van der Waals surface area contributed by atoms with Crippen LogP contribution < -0.4 is 10.1 Å². The molecule has 0 atom stereocenters. The van der Waals surface area contributed by atoms with Gasteiger partial charge in [0.1, 0.15) is 5.75 Å². The molecule has 1 N–H and O–H groups in total. The fourth-order valence-corrected chi connectivity index (χ4v) is 2.69. The first-order valence-corrected chi connectivity index (χ1v) is 8.87. The molecule has 0 amide bonds. The molecule has 5 heteroatoms. The summed E-state index contributed by atoms with van der Waals surface area (Å²) in [5, 5.41) is 3.44. The second-order valence-electron chi connectivity index (χ2n) is 6.19. The molecule has 1 heterocycles. The number of hydrogen-bond donors (Lipinski definition) is 1. The highest BCUT2D eigenvalue weighted by Gasteiger charge is 2.08. The minimum absolute atomic E-state index is 0.762. The van der Waals surface area contributed by atoms with Crippen LogP contribution in [0.4, 0.5) is 0 Å². The Morgan fingerprint density at radius 1 is 1.28 bits per heavy atom. The van der Waals surface area contributed by atoms with Crippen molar-refractivity contribution in [3.8, 4) is 5.75 Å². The average Bonchev–Trinajstić information content (AvgIpc) is 3.02. The van der Waals surface area contributed by atoms with E-state index in [0.29, 0.717) is 0 Å². The topological polar surface area (TPSA) is 41.8 Å². The van der Waals surface area contributed by atoms with E-state index in [1.807, 2.05) is 13.1 Å². The minimum atomic E-state index is 0.762. The van der Waals surface area contributed by atoms with Gasteiger partial charge in [0.2, 0.25) is 0 Å².